The lowest BCUT2D eigenvalue weighted by atomic mass is 10.1. The molecule has 5 atom stereocenters. The number of aromatic amines is 1. The average Bonchev–Trinajstić information content (AvgIpc) is 2.95. The Kier molecular flexibility index (Phi) is 11.6. The monoisotopic (exact) mass is 519 g/mol. The molecule has 186 valence electrons. The molecule has 0 radical (unpaired) electrons. The summed E-state index contributed by atoms with van der Waals surface area (Å²) in [6, 6.07) is 1.12. The molecule has 1 aliphatic rings. The van der Waals surface area contributed by atoms with E-state index < -0.39 is 57.8 Å². The minimum atomic E-state index is -4.79. The molecule has 13 nitrogen and oxygen atoms in total. The van der Waals surface area contributed by atoms with Gasteiger partial charge in [-0.2, -0.15) is 0 Å². The number of ether oxygens (including phenoxy) is 1. The zero-order valence-corrected chi connectivity index (χ0v) is 20.6. The summed E-state index contributed by atoms with van der Waals surface area (Å²) >= 11 is 4.92. The summed E-state index contributed by atoms with van der Waals surface area (Å²) in [4.78, 5) is 42.7. The van der Waals surface area contributed by atoms with Crippen LogP contribution in [0.15, 0.2) is 17.1 Å². The molecule has 0 spiro atoms. The highest BCUT2D eigenvalue weighted by molar-refractivity contribution is 7.71. The maximum Gasteiger partial charge on any atom is 0.340 e. The molecular weight excluding hydrogens is 488 g/mol. The van der Waals surface area contributed by atoms with Crippen LogP contribution in [0.25, 0.3) is 0 Å². The average molecular weight is 519 g/mol. The second kappa shape index (κ2) is 12.6. The van der Waals surface area contributed by atoms with Crippen molar-refractivity contribution < 1.29 is 43.3 Å². The third kappa shape index (κ3) is 9.24. The third-order valence-electron chi connectivity index (χ3n) is 4.61. The van der Waals surface area contributed by atoms with Crippen LogP contribution in [0.2, 0.25) is 0 Å². The fourth-order valence-electron chi connectivity index (χ4n) is 2.86. The molecule has 2 rings (SSSR count). The molecule has 0 bridgehead atoms. The lowest BCUT2D eigenvalue weighted by molar-refractivity contribution is -0.0515. The van der Waals surface area contributed by atoms with E-state index in [4.69, 9.17) is 26.7 Å². The van der Waals surface area contributed by atoms with Crippen molar-refractivity contribution in [1.29, 1.82) is 0 Å². The van der Waals surface area contributed by atoms with Gasteiger partial charge in [0.1, 0.15) is 18.3 Å². The molecule has 1 aromatic rings. The summed E-state index contributed by atoms with van der Waals surface area (Å²) in [6.45, 7) is 9.42. The van der Waals surface area contributed by atoms with Gasteiger partial charge in [-0.25, -0.2) is 0 Å². The third-order valence-corrected chi connectivity index (χ3v) is 8.38. The lowest BCUT2D eigenvalue weighted by Gasteiger charge is -2.18. The first-order valence-electron chi connectivity index (χ1n) is 9.81. The second-order valence-corrected chi connectivity index (χ2v) is 11.3. The molecular formula is C16H31N3O10P2S. The highest BCUT2D eigenvalue weighted by Gasteiger charge is 2.45. The Labute approximate surface area is 190 Å². The fourth-order valence-corrected chi connectivity index (χ4v) is 5.69. The van der Waals surface area contributed by atoms with E-state index >= 15 is 0 Å². The van der Waals surface area contributed by atoms with Crippen molar-refractivity contribution in [3.05, 3.63) is 27.4 Å². The van der Waals surface area contributed by atoms with Crippen LogP contribution in [0.4, 0.5) is 0 Å². The lowest BCUT2D eigenvalue weighted by Crippen LogP contribution is -2.34. The van der Waals surface area contributed by atoms with Crippen LogP contribution in [0.1, 0.15) is 27.0 Å². The van der Waals surface area contributed by atoms with Gasteiger partial charge in [0, 0.05) is 12.3 Å². The Morgan fingerprint density at radius 2 is 1.72 bits per heavy atom. The van der Waals surface area contributed by atoms with Crippen LogP contribution in [-0.4, -0.2) is 89.8 Å². The van der Waals surface area contributed by atoms with Gasteiger partial charge in [-0.05, 0) is 31.9 Å². The minimum absolute atomic E-state index is 0.0837. The Balaban J connectivity index is 0.000000633. The normalized spacial score (nSPS) is 25.3. The van der Waals surface area contributed by atoms with Crippen LogP contribution in [0.3, 0.4) is 0 Å². The minimum Gasteiger partial charge on any atom is -0.387 e. The van der Waals surface area contributed by atoms with Crippen LogP contribution >= 0.6 is 27.4 Å². The van der Waals surface area contributed by atoms with Crippen molar-refractivity contribution in [2.45, 2.75) is 45.3 Å². The Morgan fingerprint density at radius 3 is 2.16 bits per heavy atom. The first-order valence-corrected chi connectivity index (χ1v) is 13.8. The molecule has 1 fully saturated rings. The quantitative estimate of drug-likeness (QED) is 0.192. The SMILES string of the molecule is CCN(CC)CC.O=c1ccn([C@@H]2O[C@H](COP(=O)(O)CP(=O)(O)O)[C@@H](O)[C@H]2O)c(=S)[nH]1. The van der Waals surface area contributed by atoms with Crippen molar-refractivity contribution in [2.24, 2.45) is 0 Å². The Bertz CT molecular complexity index is 926. The van der Waals surface area contributed by atoms with E-state index in [-0.39, 0.29) is 4.77 Å². The summed E-state index contributed by atoms with van der Waals surface area (Å²) in [5, 5.41) is 20.0. The smallest absolute Gasteiger partial charge is 0.340 e. The summed E-state index contributed by atoms with van der Waals surface area (Å²) in [5.74, 6) is -1.39. The summed E-state index contributed by atoms with van der Waals surface area (Å²) in [7, 11) is -9.42. The van der Waals surface area contributed by atoms with Crippen LogP contribution < -0.4 is 5.56 Å². The molecule has 1 aromatic heterocycles. The highest BCUT2D eigenvalue weighted by atomic mass is 32.1. The number of hydrogen-bond donors (Lipinski definition) is 6. The van der Waals surface area contributed by atoms with E-state index in [0.717, 1.165) is 6.07 Å². The van der Waals surface area contributed by atoms with Crippen molar-refractivity contribution >= 4 is 27.4 Å². The van der Waals surface area contributed by atoms with Crippen molar-refractivity contribution in [1.82, 2.24) is 14.5 Å². The van der Waals surface area contributed by atoms with Crippen LogP contribution in [0, 0.1) is 4.77 Å². The number of H-pyrrole nitrogens is 1. The highest BCUT2D eigenvalue weighted by Crippen LogP contribution is 2.55. The second-order valence-electron chi connectivity index (χ2n) is 6.92. The van der Waals surface area contributed by atoms with E-state index in [9.17, 15) is 29.0 Å². The molecule has 0 saturated carbocycles. The molecule has 1 aliphatic heterocycles. The number of hydrogen-bond acceptors (Lipinski definition) is 9. The molecule has 2 heterocycles. The molecule has 0 amide bonds. The standard InChI is InChI=1S/C10H16N2O10P2S.C6H15N/c13-6-1-2-12(10(25)11-6)9-8(15)7(14)5(22-9)3-21-24(19,20)4-23(16,17)18;1-4-7(5-2)6-3/h1-2,5,7-9,14-15H,3-4H2,(H,19,20)(H,11,13,25)(H2,16,17,18);4-6H2,1-3H3/t5-,7-,8-,9-;/m1./s1. The van der Waals surface area contributed by atoms with Gasteiger partial charge >= 0.3 is 15.2 Å². The summed E-state index contributed by atoms with van der Waals surface area (Å²) in [6.07, 6.45) is -4.27. The van der Waals surface area contributed by atoms with Gasteiger partial charge in [0.15, 0.2) is 16.9 Å². The first kappa shape index (κ1) is 29.3. The molecule has 1 saturated heterocycles. The predicted octanol–water partition coefficient (Wildman–Crippen LogP) is 0.210. The zero-order chi connectivity index (χ0) is 24.7. The predicted molar refractivity (Wildman–Crippen MR) is 118 cm³/mol. The van der Waals surface area contributed by atoms with Crippen LogP contribution in [-0.2, 0) is 18.4 Å². The topological polar surface area (TPSA) is 195 Å². The van der Waals surface area contributed by atoms with Crippen molar-refractivity contribution in [3.8, 4) is 0 Å². The number of nitrogens with one attached hydrogen (secondary N) is 1. The number of aromatic nitrogens is 2. The van der Waals surface area contributed by atoms with E-state index in [1.54, 1.807) is 0 Å². The van der Waals surface area contributed by atoms with Gasteiger partial charge in [-0.15, -0.1) is 0 Å². The first-order chi connectivity index (χ1) is 14.7. The number of nitrogens with zero attached hydrogens (tertiary/aromatic N) is 2. The molecule has 0 aliphatic carbocycles. The van der Waals surface area contributed by atoms with Crippen molar-refractivity contribution in [2.75, 3.05) is 32.1 Å². The summed E-state index contributed by atoms with van der Waals surface area (Å²) < 4.78 is 33.4. The molecule has 16 heteroatoms. The summed E-state index contributed by atoms with van der Waals surface area (Å²) in [5.41, 5.74) is -0.479. The Morgan fingerprint density at radius 1 is 1.16 bits per heavy atom. The maximum atomic E-state index is 11.6. The number of aliphatic hydroxyl groups excluding tert-OH is 2. The van der Waals surface area contributed by atoms with Gasteiger partial charge in [0.05, 0.1) is 6.61 Å². The van der Waals surface area contributed by atoms with E-state index in [1.807, 2.05) is 0 Å². The maximum absolute atomic E-state index is 11.6. The van der Waals surface area contributed by atoms with E-state index in [0.29, 0.717) is 0 Å². The largest absolute Gasteiger partial charge is 0.387 e. The van der Waals surface area contributed by atoms with Gasteiger partial charge in [-0.3, -0.25) is 23.5 Å². The van der Waals surface area contributed by atoms with E-state index in [1.165, 1.54) is 30.4 Å². The van der Waals surface area contributed by atoms with Gasteiger partial charge < -0.3 is 39.1 Å². The molecule has 1 unspecified atom stereocenters. The van der Waals surface area contributed by atoms with Gasteiger partial charge in [0.2, 0.25) is 0 Å². The van der Waals surface area contributed by atoms with Gasteiger partial charge in [-0.1, -0.05) is 20.8 Å². The van der Waals surface area contributed by atoms with E-state index in [2.05, 4.69) is 35.2 Å². The molecule has 32 heavy (non-hydrogen) atoms. The number of rotatable bonds is 9. The van der Waals surface area contributed by atoms with Crippen LogP contribution in [0.5, 0.6) is 0 Å². The van der Waals surface area contributed by atoms with Crippen molar-refractivity contribution in [3.63, 3.8) is 0 Å². The van der Waals surface area contributed by atoms with Gasteiger partial charge in [0.25, 0.3) is 5.56 Å². The zero-order valence-electron chi connectivity index (χ0n) is 18.0. The Hall–Kier alpha value is -0.760. The molecule has 6 N–H and O–H groups in total. The molecule has 0 aromatic carbocycles. The fraction of sp³-hybridized carbons (Fsp3) is 0.750. The number of aliphatic hydroxyl groups is 2.